The molecule has 176 valence electrons. The number of aromatic nitrogens is 1. The van der Waals surface area contributed by atoms with Crippen LogP contribution in [0.3, 0.4) is 0 Å². The number of nitrogens with one attached hydrogen (secondary N) is 1. The van der Waals surface area contributed by atoms with Crippen LogP contribution in [0.2, 0.25) is 0 Å². The maximum absolute atomic E-state index is 12.8. The van der Waals surface area contributed by atoms with E-state index >= 15 is 0 Å². The number of hydrogen-bond donors (Lipinski definition) is 1. The maximum atomic E-state index is 12.8. The minimum absolute atomic E-state index is 0.172. The van der Waals surface area contributed by atoms with Crippen molar-refractivity contribution in [2.75, 3.05) is 24.7 Å². The van der Waals surface area contributed by atoms with Gasteiger partial charge in [-0.2, -0.15) is 0 Å². The van der Waals surface area contributed by atoms with Gasteiger partial charge < -0.3 is 10.2 Å². The number of carbonyl (C=O) groups is 2. The van der Waals surface area contributed by atoms with E-state index in [1.807, 2.05) is 59.9 Å². The van der Waals surface area contributed by atoms with Gasteiger partial charge in [0.25, 0.3) is 5.91 Å². The molecule has 7 heteroatoms. The van der Waals surface area contributed by atoms with Crippen LogP contribution < -0.4 is 5.32 Å². The van der Waals surface area contributed by atoms with Crippen molar-refractivity contribution in [1.82, 2.24) is 9.88 Å². The zero-order valence-electron chi connectivity index (χ0n) is 19.5. The van der Waals surface area contributed by atoms with Gasteiger partial charge in [0.15, 0.2) is 0 Å². The standard InChI is InChI=1S/C27H29N3O2S2/c1-18(2)22-6-4-5-7-23(22)28-26(32)24-17-34-27(29-24)20-12-14-30(15-13-20)25(31)16-19-8-10-21(33-3)11-9-19/h4-11,17,20H,1,12-16H2,2-3H3,(H,28,32). The molecule has 1 aliphatic rings. The number of piperidine rings is 1. The number of amides is 2. The SMILES string of the molecule is C=C(C)c1ccccc1NC(=O)c1csc(C2CCN(C(=O)Cc3ccc(SC)cc3)CC2)n1. The monoisotopic (exact) mass is 491 g/mol. The van der Waals surface area contributed by atoms with E-state index in [-0.39, 0.29) is 17.7 Å². The molecular formula is C27H29N3O2S2. The van der Waals surface area contributed by atoms with Crippen LogP contribution in [-0.2, 0) is 11.2 Å². The summed E-state index contributed by atoms with van der Waals surface area (Å²) in [5.41, 5.74) is 4.04. The summed E-state index contributed by atoms with van der Waals surface area (Å²) < 4.78 is 0. The second-order valence-electron chi connectivity index (χ2n) is 8.53. The normalized spacial score (nSPS) is 14.1. The summed E-state index contributed by atoms with van der Waals surface area (Å²) in [6.07, 6.45) is 4.21. The summed E-state index contributed by atoms with van der Waals surface area (Å²) in [6, 6.07) is 15.8. The van der Waals surface area contributed by atoms with E-state index in [1.165, 1.54) is 16.2 Å². The summed E-state index contributed by atoms with van der Waals surface area (Å²) in [5, 5.41) is 5.76. The van der Waals surface area contributed by atoms with E-state index in [2.05, 4.69) is 29.0 Å². The zero-order chi connectivity index (χ0) is 24.1. The molecule has 5 nitrogen and oxygen atoms in total. The van der Waals surface area contributed by atoms with E-state index in [1.54, 1.807) is 11.8 Å². The number of likely N-dealkylation sites (tertiary alicyclic amines) is 1. The number of thioether (sulfide) groups is 1. The first kappa shape index (κ1) is 24.2. The van der Waals surface area contributed by atoms with Crippen LogP contribution in [0.5, 0.6) is 0 Å². The summed E-state index contributed by atoms with van der Waals surface area (Å²) in [5.74, 6) is 0.237. The number of thiazole rings is 1. The van der Waals surface area contributed by atoms with Gasteiger partial charge in [0, 0.05) is 40.5 Å². The molecule has 0 atom stereocenters. The van der Waals surface area contributed by atoms with Crippen molar-refractivity contribution in [3.8, 4) is 0 Å². The molecule has 0 radical (unpaired) electrons. The molecular weight excluding hydrogens is 462 g/mol. The van der Waals surface area contributed by atoms with Gasteiger partial charge in [0.2, 0.25) is 5.91 Å². The van der Waals surface area contributed by atoms with Crippen LogP contribution in [0, 0.1) is 0 Å². The summed E-state index contributed by atoms with van der Waals surface area (Å²) in [7, 11) is 0. The fraction of sp³-hybridized carbons (Fsp3) is 0.296. The number of nitrogens with zero attached hydrogens (tertiary/aromatic N) is 2. The van der Waals surface area contributed by atoms with Crippen LogP contribution in [0.15, 0.2) is 65.4 Å². The molecule has 1 N–H and O–H groups in total. The van der Waals surface area contributed by atoms with Crippen LogP contribution in [0.25, 0.3) is 5.57 Å². The van der Waals surface area contributed by atoms with Crippen LogP contribution >= 0.6 is 23.1 Å². The molecule has 0 unspecified atom stereocenters. The van der Waals surface area contributed by atoms with E-state index in [0.717, 1.165) is 53.3 Å². The molecule has 0 aliphatic carbocycles. The van der Waals surface area contributed by atoms with Gasteiger partial charge in [-0.3, -0.25) is 9.59 Å². The number of benzene rings is 2. The molecule has 0 saturated carbocycles. The van der Waals surface area contributed by atoms with Gasteiger partial charge in [-0.25, -0.2) is 4.98 Å². The number of allylic oxidation sites excluding steroid dienone is 1. The third-order valence-corrected chi connectivity index (χ3v) is 7.85. The quantitative estimate of drug-likeness (QED) is 0.406. The third-order valence-electron chi connectivity index (χ3n) is 6.10. The zero-order valence-corrected chi connectivity index (χ0v) is 21.2. The Balaban J connectivity index is 1.32. The number of hydrogen-bond acceptors (Lipinski definition) is 5. The molecule has 4 rings (SSSR count). The van der Waals surface area contributed by atoms with E-state index in [0.29, 0.717) is 12.1 Å². The van der Waals surface area contributed by atoms with Crippen molar-refractivity contribution in [2.24, 2.45) is 0 Å². The smallest absolute Gasteiger partial charge is 0.275 e. The molecule has 0 bridgehead atoms. The molecule has 2 heterocycles. The summed E-state index contributed by atoms with van der Waals surface area (Å²) >= 11 is 3.23. The van der Waals surface area contributed by atoms with E-state index < -0.39 is 0 Å². The Morgan fingerprint density at radius 3 is 2.53 bits per heavy atom. The van der Waals surface area contributed by atoms with Gasteiger partial charge in [-0.1, -0.05) is 36.9 Å². The van der Waals surface area contributed by atoms with Crippen molar-refractivity contribution in [3.05, 3.63) is 82.3 Å². The molecule has 34 heavy (non-hydrogen) atoms. The number of anilines is 1. The minimum atomic E-state index is -0.212. The molecule has 3 aromatic rings. The minimum Gasteiger partial charge on any atom is -0.342 e. The lowest BCUT2D eigenvalue weighted by molar-refractivity contribution is -0.131. The van der Waals surface area contributed by atoms with E-state index in [9.17, 15) is 9.59 Å². The highest BCUT2D eigenvalue weighted by molar-refractivity contribution is 7.98. The maximum Gasteiger partial charge on any atom is 0.275 e. The Bertz CT molecular complexity index is 1180. The Morgan fingerprint density at radius 1 is 1.15 bits per heavy atom. The first-order valence-electron chi connectivity index (χ1n) is 11.4. The van der Waals surface area contributed by atoms with Crippen molar-refractivity contribution in [1.29, 1.82) is 0 Å². The second-order valence-corrected chi connectivity index (χ2v) is 10.3. The Labute approximate surface area is 209 Å². The topological polar surface area (TPSA) is 62.3 Å². The number of para-hydroxylation sites is 1. The molecule has 1 aliphatic heterocycles. The first-order valence-corrected chi connectivity index (χ1v) is 13.5. The Hall–Kier alpha value is -2.90. The van der Waals surface area contributed by atoms with Gasteiger partial charge >= 0.3 is 0 Å². The van der Waals surface area contributed by atoms with Gasteiger partial charge in [-0.15, -0.1) is 23.1 Å². The molecule has 1 aromatic heterocycles. The average Bonchev–Trinajstić information content (AvgIpc) is 3.35. The number of carbonyl (C=O) groups excluding carboxylic acids is 2. The lowest BCUT2D eigenvalue weighted by Crippen LogP contribution is -2.38. The molecule has 2 amide bonds. The average molecular weight is 492 g/mol. The predicted molar refractivity (Wildman–Crippen MR) is 142 cm³/mol. The van der Waals surface area contributed by atoms with Crippen LogP contribution in [0.4, 0.5) is 5.69 Å². The lowest BCUT2D eigenvalue weighted by atomic mass is 9.97. The van der Waals surface area contributed by atoms with Crippen LogP contribution in [0.1, 0.15) is 52.3 Å². The largest absolute Gasteiger partial charge is 0.342 e. The molecule has 1 fully saturated rings. The highest BCUT2D eigenvalue weighted by Crippen LogP contribution is 2.31. The van der Waals surface area contributed by atoms with Crippen molar-refractivity contribution in [2.45, 2.75) is 37.0 Å². The van der Waals surface area contributed by atoms with Gasteiger partial charge in [-0.05, 0) is 55.4 Å². The molecule has 1 saturated heterocycles. The second kappa shape index (κ2) is 11.0. The first-order chi connectivity index (χ1) is 16.4. The fourth-order valence-corrected chi connectivity index (χ4v) is 5.52. The number of rotatable bonds is 7. The highest BCUT2D eigenvalue weighted by atomic mass is 32.2. The van der Waals surface area contributed by atoms with Crippen molar-refractivity contribution < 1.29 is 9.59 Å². The lowest BCUT2D eigenvalue weighted by Gasteiger charge is -2.31. The fourth-order valence-electron chi connectivity index (χ4n) is 4.14. The van der Waals surface area contributed by atoms with E-state index in [4.69, 9.17) is 0 Å². The summed E-state index contributed by atoms with van der Waals surface area (Å²) in [4.78, 5) is 33.3. The molecule has 2 aromatic carbocycles. The van der Waals surface area contributed by atoms with Crippen LogP contribution in [-0.4, -0.2) is 41.0 Å². The van der Waals surface area contributed by atoms with Crippen molar-refractivity contribution >= 4 is 46.2 Å². The summed E-state index contributed by atoms with van der Waals surface area (Å²) in [6.45, 7) is 7.35. The van der Waals surface area contributed by atoms with Gasteiger partial charge in [0.05, 0.1) is 11.4 Å². The van der Waals surface area contributed by atoms with Gasteiger partial charge in [0.1, 0.15) is 5.69 Å². The Morgan fingerprint density at radius 2 is 1.85 bits per heavy atom. The molecule has 0 spiro atoms. The predicted octanol–water partition coefficient (Wildman–Crippen LogP) is 6.10. The Kier molecular flexibility index (Phi) is 7.85. The highest BCUT2D eigenvalue weighted by Gasteiger charge is 2.26. The third kappa shape index (κ3) is 5.77. The van der Waals surface area contributed by atoms with Crippen molar-refractivity contribution in [3.63, 3.8) is 0 Å².